The van der Waals surface area contributed by atoms with Gasteiger partial charge in [-0.1, -0.05) is 166 Å². The van der Waals surface area contributed by atoms with Crippen LogP contribution in [0.3, 0.4) is 0 Å². The Bertz CT molecular complexity index is 4820. The van der Waals surface area contributed by atoms with E-state index >= 15 is 0 Å². The van der Waals surface area contributed by atoms with Crippen molar-refractivity contribution in [3.63, 3.8) is 0 Å². The number of rotatable bonds is 22. The fraction of sp³-hybridized carbons (Fsp3) is 0.322. The minimum atomic E-state index is -1.26. The molecule has 9 aromatic carbocycles. The van der Waals surface area contributed by atoms with Crippen molar-refractivity contribution in [2.24, 2.45) is 29.4 Å². The smallest absolute Gasteiger partial charge is 1.00 e. The van der Waals surface area contributed by atoms with Crippen LogP contribution in [-0.4, -0.2) is 80.9 Å². The van der Waals surface area contributed by atoms with Gasteiger partial charge in [0.1, 0.15) is 35.4 Å². The molecule has 15 N–H and O–H groups in total. The number of nitrogens with zero attached hydrogens (tertiary/aromatic N) is 3. The molecular formula is C90H108BClF5KN12NaO7S. The first kappa shape index (κ1) is 105. The van der Waals surface area contributed by atoms with Crippen molar-refractivity contribution in [3.05, 3.63) is 315 Å². The summed E-state index contributed by atoms with van der Waals surface area (Å²) in [5.41, 5.74) is 33.4. The first-order valence-electron chi connectivity index (χ1n) is 38.1. The second kappa shape index (κ2) is 52.4. The van der Waals surface area contributed by atoms with E-state index in [1.54, 1.807) is 64.1 Å². The molecule has 5 unspecified atom stereocenters. The molecule has 19 nitrogen and oxygen atoms in total. The molecule has 1 heterocycles. The van der Waals surface area contributed by atoms with Gasteiger partial charge < -0.3 is 55.3 Å². The molecule has 0 aliphatic heterocycles. The molecule has 3 radical (unpaired) electrons. The number of carbonyl (C=O) groups excluding carboxylic acids is 2. The van der Waals surface area contributed by atoms with Crippen molar-refractivity contribution in [1.29, 1.82) is 0 Å². The van der Waals surface area contributed by atoms with Crippen LogP contribution in [0.25, 0.3) is 10.5 Å². The van der Waals surface area contributed by atoms with Crippen molar-refractivity contribution in [3.8, 4) is 5.69 Å². The standard InChI is InChI=1S/C21H25FN2.C17H21FN2OS.C17H19FN2.C13H13FN2.C12H8FN3O2.C4H6O.C4H9O.C2H5NO2.B.ClH.K.Na.H/c22-19-11-10-18(12-20(19)23-13-15-6-7-15)21(24-14-16-8-9-16)17-4-2-1-3-5-17;1-17(2,3)22(21)20-16(12-7-5-4-6-8-12)13-9-10-14(18)15(19)11-13;18-15-9-8-14(10-16(15)19)17(20-11-12-6-7-12)13-4-2-1-3-5-13;14-11-7-6-10(8-12(11)15)13(16)9-4-2-1-3-5-9;1-7-5-11(12(17)18)16(15-7)8-3-4-9(13)10(6-8)14-2;5-3-4-1-2-4;1-4(2,3)5;1-2(4)3-5;;;;;/h1-5,10-12,15-16,21,23-24H,6-9,13-14H2;4-11,16,20H,19H2,1-3H3;1-5,8-10,12,17,20H,6-7,11,19H2;1-8,13H,15-16H2;3-6H,1H3,(H,17,18);3-4H,1-2H2;1-3H3;5H,1H3,(H,3,4);;1H;;;/q;;;;;;-1;;;;2*+1;-1. The normalized spacial score (nSPS) is 14.0. The molecule has 4 saturated carbocycles. The summed E-state index contributed by atoms with van der Waals surface area (Å²) >= 11 is 0. The first-order valence-corrected chi connectivity index (χ1v) is 39.2. The number of anilines is 4. The van der Waals surface area contributed by atoms with Crippen molar-refractivity contribution in [2.45, 2.75) is 141 Å². The summed E-state index contributed by atoms with van der Waals surface area (Å²) in [5, 5.41) is 41.3. The monoisotopic (exact) mass is 1700 g/mol. The number of carbonyl (C=O) groups is 3. The Morgan fingerprint density at radius 3 is 1.30 bits per heavy atom. The molecule has 4 aliphatic rings. The van der Waals surface area contributed by atoms with E-state index < -0.39 is 50.7 Å². The Morgan fingerprint density at radius 1 is 0.580 bits per heavy atom. The summed E-state index contributed by atoms with van der Waals surface area (Å²) < 4.78 is 83.5. The predicted molar refractivity (Wildman–Crippen MR) is 460 cm³/mol. The average molecular weight is 1710 g/mol. The zero-order valence-electron chi connectivity index (χ0n) is 70.1. The summed E-state index contributed by atoms with van der Waals surface area (Å²) in [5.74, 6) is -0.819. The third-order valence-electron chi connectivity index (χ3n) is 18.0. The second-order valence-electron chi connectivity index (χ2n) is 30.4. The van der Waals surface area contributed by atoms with Crippen LogP contribution in [0.2, 0.25) is 0 Å². The fourth-order valence-electron chi connectivity index (χ4n) is 10.9. The zero-order chi connectivity index (χ0) is 83.9. The summed E-state index contributed by atoms with van der Waals surface area (Å²) in [4.78, 5) is 33.1. The van der Waals surface area contributed by atoms with E-state index in [0.29, 0.717) is 23.0 Å². The van der Waals surface area contributed by atoms with Crippen LogP contribution in [0.5, 0.6) is 0 Å². The van der Waals surface area contributed by atoms with Crippen LogP contribution in [0, 0.1) is 66.3 Å². The van der Waals surface area contributed by atoms with Crippen molar-refractivity contribution < 1.29 is 138 Å². The molecule has 4 fully saturated rings. The third kappa shape index (κ3) is 37.9. The molecule has 1 amide bonds. The number of carboxylic acids is 1. The number of aromatic nitrogens is 2. The number of hydroxylamine groups is 1. The Labute approximate surface area is 773 Å². The molecule has 0 spiro atoms. The van der Waals surface area contributed by atoms with Gasteiger partial charge >= 0.3 is 86.9 Å². The van der Waals surface area contributed by atoms with Gasteiger partial charge in [0.2, 0.25) is 11.6 Å². The fourth-order valence-corrected chi connectivity index (χ4v) is 11.8. The number of nitrogen functional groups attached to an aromatic ring is 3. The summed E-state index contributed by atoms with van der Waals surface area (Å²) in [6.07, 6.45) is 11.1. The zero-order valence-corrected chi connectivity index (χ0v) is 75.9. The van der Waals surface area contributed by atoms with Crippen LogP contribution in [0.4, 0.5) is 50.4 Å². The number of aryl methyl sites for hydroxylation is 1. The Kier molecular flexibility index (Phi) is 46.3. The van der Waals surface area contributed by atoms with Gasteiger partial charge in [0.25, 0.3) is 0 Å². The topological polar surface area (TPSA) is 318 Å². The number of nitrogens with one attached hydrogen (secondary N) is 5. The summed E-state index contributed by atoms with van der Waals surface area (Å²) in [6, 6.07) is 64.3. The molecular weight excluding hydrogens is 1600 g/mol. The van der Waals surface area contributed by atoms with E-state index in [4.69, 9.17) is 39.8 Å². The van der Waals surface area contributed by atoms with Gasteiger partial charge in [0.05, 0.1) is 80.6 Å². The van der Waals surface area contributed by atoms with Crippen LogP contribution >= 0.6 is 12.4 Å². The Balaban J connectivity index is 0.000000483. The Morgan fingerprint density at radius 2 is 0.941 bits per heavy atom. The number of benzene rings is 9. The van der Waals surface area contributed by atoms with Crippen LogP contribution in [0.15, 0.2) is 218 Å². The maximum atomic E-state index is 14.1. The molecule has 1 aromatic heterocycles. The second-order valence-corrected chi connectivity index (χ2v) is 32.4. The van der Waals surface area contributed by atoms with Crippen LogP contribution < -0.4 is 135 Å². The van der Waals surface area contributed by atoms with Gasteiger partial charge in [-0.3, -0.25) is 10.0 Å². The molecule has 10 aromatic rings. The van der Waals surface area contributed by atoms with E-state index in [0.717, 1.165) is 96.0 Å². The molecule has 119 heavy (non-hydrogen) atoms. The van der Waals surface area contributed by atoms with Crippen molar-refractivity contribution in [1.82, 2.24) is 30.6 Å². The molecule has 4 aliphatic carbocycles. The van der Waals surface area contributed by atoms with E-state index in [1.807, 2.05) is 124 Å². The van der Waals surface area contributed by atoms with Crippen LogP contribution in [-0.2, 0) is 20.6 Å². The average Bonchev–Trinajstić information content (AvgIpc) is 1.76. The minimum absolute atomic E-state index is 0. The number of carboxylic acid groups (broad SMARTS) is 1. The molecule has 14 rings (SSSR count). The maximum absolute atomic E-state index is 14.1. The molecule has 0 bridgehead atoms. The number of hydrogen-bond donors (Lipinski definition) is 11. The number of aldehydes is 1. The van der Waals surface area contributed by atoms with Crippen LogP contribution in [0.1, 0.15) is 186 Å². The van der Waals surface area contributed by atoms with Gasteiger partial charge in [0, 0.05) is 27.8 Å². The predicted octanol–water partition coefficient (Wildman–Crippen LogP) is 11.2. The number of aromatic carboxylic acids is 1. The van der Waals surface area contributed by atoms with E-state index in [2.05, 4.69) is 67.0 Å². The number of hydrogen-bond acceptors (Lipinski definition) is 14. The number of nitrogens with two attached hydrogens (primary N) is 4. The number of halogens is 6. The quantitative estimate of drug-likeness (QED) is 0.00572. The number of amides is 1. The van der Waals surface area contributed by atoms with Gasteiger partial charge in [-0.25, -0.2) is 50.7 Å². The molecule has 623 valence electrons. The van der Waals surface area contributed by atoms with E-state index in [1.165, 1.54) is 103 Å². The maximum Gasteiger partial charge on any atom is 1.00 e. The van der Waals surface area contributed by atoms with Crippen molar-refractivity contribution >= 4 is 78.4 Å². The summed E-state index contributed by atoms with van der Waals surface area (Å²) in [6.45, 7) is 23.2. The first-order chi connectivity index (χ1) is 54.7. The SMILES string of the molecule is CC(=O)NO.CC(C)(C)S(=O)NC(c1ccccc1)c1ccc(F)c(N)c1.CC(C)(C)[O-].Cl.Fc1ccc(C(NCC2CC2)c2ccccc2)cc1NCC1CC1.Nc1cc(C(N)c2ccccc2)ccc1F.Nc1cc(C(NCC2CC2)c2ccccc2)ccc1F.O=CC1CC1.[B].[C-]#[N+]c1cc(-n2nc(C)cc2C(=O)O)ccc1F.[H-].[K+].[Na+]. The third-order valence-corrected chi connectivity index (χ3v) is 19.5. The summed E-state index contributed by atoms with van der Waals surface area (Å²) in [7, 11) is -1.26. The van der Waals surface area contributed by atoms with Gasteiger partial charge in [-0.05, 0) is 227 Å². The molecule has 0 saturated heterocycles. The van der Waals surface area contributed by atoms with Crippen molar-refractivity contribution in [2.75, 3.05) is 42.2 Å². The van der Waals surface area contributed by atoms with Gasteiger partial charge in [-0.15, -0.1) is 18.0 Å². The largest absolute Gasteiger partial charge is 1.00 e. The molecule has 29 heteroatoms. The Hall–Kier alpha value is -7.96. The van der Waals surface area contributed by atoms with E-state index in [-0.39, 0.29) is 167 Å². The van der Waals surface area contributed by atoms with Gasteiger partial charge in [0.15, 0.2) is 5.69 Å². The molecule has 5 atom stereocenters. The van der Waals surface area contributed by atoms with E-state index in [9.17, 15) is 45.7 Å². The van der Waals surface area contributed by atoms with Gasteiger partial charge in [-0.2, -0.15) is 5.10 Å². The minimum Gasteiger partial charge on any atom is -1.00 e.